The number of piperidine rings is 1. The summed E-state index contributed by atoms with van der Waals surface area (Å²) in [5, 5.41) is 3.34. The average Bonchev–Trinajstić information content (AvgIpc) is 3.31. The number of carbonyl (C=O) groups is 1. The highest BCUT2D eigenvalue weighted by Gasteiger charge is 2.35. The van der Waals surface area contributed by atoms with Gasteiger partial charge in [0.25, 0.3) is 5.91 Å². The maximum Gasteiger partial charge on any atom is 0.254 e. The molecule has 0 saturated carbocycles. The Labute approximate surface area is 229 Å². The van der Waals surface area contributed by atoms with E-state index in [1.807, 2.05) is 11.1 Å². The lowest BCUT2D eigenvalue weighted by atomic mass is 9.96. The molecule has 2 aliphatic heterocycles. The van der Waals surface area contributed by atoms with Crippen molar-refractivity contribution in [1.29, 1.82) is 0 Å². The predicted molar refractivity (Wildman–Crippen MR) is 151 cm³/mol. The number of anilines is 3. The molecule has 1 aromatic carbocycles. The first-order valence-electron chi connectivity index (χ1n) is 13.3. The number of sulfonamides is 1. The number of nitrogens with one attached hydrogen (secondary N) is 2. The summed E-state index contributed by atoms with van der Waals surface area (Å²) in [6.45, 7) is 9.96. The van der Waals surface area contributed by atoms with E-state index < -0.39 is 10.0 Å². The molecule has 2 aromatic heterocycles. The third-order valence-electron chi connectivity index (χ3n) is 7.43. The second-order valence-electron chi connectivity index (χ2n) is 10.5. The Morgan fingerprint density at radius 1 is 1.10 bits per heavy atom. The fraction of sp³-hybridized carbons (Fsp3) is 0.429. The molecule has 0 unspecified atom stereocenters. The lowest BCUT2D eigenvalue weighted by Crippen LogP contribution is -2.50. The van der Waals surface area contributed by atoms with Crippen molar-refractivity contribution in [1.82, 2.24) is 24.8 Å². The van der Waals surface area contributed by atoms with E-state index in [0.29, 0.717) is 24.1 Å². The van der Waals surface area contributed by atoms with E-state index in [2.05, 4.69) is 63.9 Å². The number of aromatic nitrogens is 3. The zero-order chi connectivity index (χ0) is 27.7. The number of pyridine rings is 1. The molecule has 39 heavy (non-hydrogen) atoms. The van der Waals surface area contributed by atoms with Crippen LogP contribution in [0, 0.1) is 13.8 Å². The van der Waals surface area contributed by atoms with Crippen LogP contribution < -0.4 is 10.0 Å². The quantitative estimate of drug-likeness (QED) is 0.454. The molecule has 0 spiro atoms. The summed E-state index contributed by atoms with van der Waals surface area (Å²) in [5.41, 5.74) is 5.98. The highest BCUT2D eigenvalue weighted by Crippen LogP contribution is 2.31. The fourth-order valence-corrected chi connectivity index (χ4v) is 6.04. The molecule has 1 amide bonds. The molecule has 5 rings (SSSR count). The first-order chi connectivity index (χ1) is 18.6. The van der Waals surface area contributed by atoms with Crippen molar-refractivity contribution in [2.75, 3.05) is 22.3 Å². The number of nitrogens with zero attached hydrogens (tertiary/aromatic N) is 5. The molecule has 3 aromatic rings. The van der Waals surface area contributed by atoms with E-state index in [1.54, 1.807) is 13.0 Å². The summed E-state index contributed by atoms with van der Waals surface area (Å²) < 4.78 is 26.2. The van der Waals surface area contributed by atoms with Gasteiger partial charge in [0.05, 0.1) is 11.4 Å². The van der Waals surface area contributed by atoms with E-state index >= 15 is 0 Å². The van der Waals surface area contributed by atoms with Gasteiger partial charge in [-0.2, -0.15) is 0 Å². The minimum atomic E-state index is -3.47. The summed E-state index contributed by atoms with van der Waals surface area (Å²) in [6, 6.07) is 9.82. The fourth-order valence-electron chi connectivity index (χ4n) is 5.47. The normalized spacial score (nSPS) is 19.5. The number of aryl methyl sites for hydroxylation is 2. The van der Waals surface area contributed by atoms with Crippen LogP contribution in [-0.4, -0.2) is 63.5 Å². The zero-order valence-corrected chi connectivity index (χ0v) is 23.6. The molecule has 4 heterocycles. The van der Waals surface area contributed by atoms with Crippen LogP contribution in [0.15, 0.2) is 42.7 Å². The smallest absolute Gasteiger partial charge is 0.254 e. The van der Waals surface area contributed by atoms with Crippen LogP contribution in [0.2, 0.25) is 0 Å². The molecular formula is C28H35N7O3S. The second-order valence-corrected chi connectivity index (χ2v) is 12.5. The average molecular weight is 550 g/mol. The van der Waals surface area contributed by atoms with Crippen LogP contribution in [0.4, 0.5) is 17.5 Å². The number of hydrogen-bond acceptors (Lipinski definition) is 8. The highest BCUT2D eigenvalue weighted by molar-refractivity contribution is 7.92. The number of rotatable bonds is 7. The number of likely N-dealkylation sites (tertiary alicyclic amines) is 1. The first-order valence-corrected chi connectivity index (χ1v) is 15.0. The Kier molecular flexibility index (Phi) is 7.55. The number of hydrogen-bond donors (Lipinski definition) is 2. The van der Waals surface area contributed by atoms with Gasteiger partial charge in [0, 0.05) is 60.9 Å². The van der Waals surface area contributed by atoms with Gasteiger partial charge in [-0.15, -0.1) is 0 Å². The van der Waals surface area contributed by atoms with Crippen molar-refractivity contribution in [2.45, 2.75) is 65.7 Å². The zero-order valence-electron chi connectivity index (χ0n) is 22.8. The van der Waals surface area contributed by atoms with Crippen LogP contribution in [0.3, 0.4) is 0 Å². The minimum absolute atomic E-state index is 0.0387. The van der Waals surface area contributed by atoms with E-state index in [4.69, 9.17) is 4.98 Å². The third kappa shape index (κ3) is 6.20. The molecule has 1 fully saturated rings. The van der Waals surface area contributed by atoms with Gasteiger partial charge in [-0.05, 0) is 75.9 Å². The maximum atomic E-state index is 13.3. The molecule has 2 N–H and O–H groups in total. The molecule has 1 saturated heterocycles. The molecule has 0 radical (unpaired) electrons. The maximum absolute atomic E-state index is 13.3. The van der Waals surface area contributed by atoms with Crippen molar-refractivity contribution in [3.8, 4) is 0 Å². The lowest BCUT2D eigenvalue weighted by Gasteiger charge is -2.41. The summed E-state index contributed by atoms with van der Waals surface area (Å²) in [7, 11) is -3.47. The largest absolute Gasteiger partial charge is 0.336 e. The molecule has 206 valence electrons. The lowest BCUT2D eigenvalue weighted by molar-refractivity contribution is 0.0460. The molecular weight excluding hydrogens is 514 g/mol. The van der Waals surface area contributed by atoms with Crippen LogP contribution in [-0.2, 0) is 23.1 Å². The summed E-state index contributed by atoms with van der Waals surface area (Å²) >= 11 is 0. The van der Waals surface area contributed by atoms with Crippen LogP contribution >= 0.6 is 0 Å². The topological polar surface area (TPSA) is 120 Å². The van der Waals surface area contributed by atoms with Crippen molar-refractivity contribution >= 4 is 33.4 Å². The Bertz CT molecular complexity index is 1470. The Hall–Kier alpha value is -3.57. The Morgan fingerprint density at radius 3 is 2.59 bits per heavy atom. The van der Waals surface area contributed by atoms with Crippen LogP contribution in [0.25, 0.3) is 0 Å². The number of carbonyl (C=O) groups excluding carboxylic acids is 1. The van der Waals surface area contributed by atoms with E-state index in [-0.39, 0.29) is 23.5 Å². The second kappa shape index (κ2) is 10.9. The van der Waals surface area contributed by atoms with E-state index in [1.165, 1.54) is 23.4 Å². The van der Waals surface area contributed by atoms with Crippen molar-refractivity contribution in [2.24, 2.45) is 0 Å². The summed E-state index contributed by atoms with van der Waals surface area (Å²) in [5.74, 6) is 0.589. The monoisotopic (exact) mass is 549 g/mol. The minimum Gasteiger partial charge on any atom is -0.336 e. The van der Waals surface area contributed by atoms with Gasteiger partial charge >= 0.3 is 0 Å². The standard InChI is InChI=1S/C28H35N7O3S/c1-5-39(37,38)33-26-14-21(6-8-29-26)27(36)35-9-7-24(13-20(35)4)34-16-22-15-30-28(32-25(22)17-34)31-23-11-18(2)10-19(3)12-23/h6,8,10-12,14-15,20,24H,5,7,9,13,16-17H2,1-4H3,(H,29,33)(H,30,31,32)/t20-,24-/m1/s1. The molecule has 0 aliphatic carbocycles. The summed E-state index contributed by atoms with van der Waals surface area (Å²) in [4.78, 5) is 31.0. The van der Waals surface area contributed by atoms with Crippen LogP contribution in [0.5, 0.6) is 0 Å². The molecule has 11 heteroatoms. The molecule has 2 aliphatic rings. The summed E-state index contributed by atoms with van der Waals surface area (Å²) in [6.07, 6.45) is 5.08. The molecule has 0 bridgehead atoms. The number of amides is 1. The van der Waals surface area contributed by atoms with Crippen molar-refractivity contribution in [3.63, 3.8) is 0 Å². The first kappa shape index (κ1) is 27.0. The van der Waals surface area contributed by atoms with Crippen LogP contribution in [0.1, 0.15) is 59.4 Å². The van der Waals surface area contributed by atoms with Gasteiger partial charge in [0.1, 0.15) is 5.82 Å². The van der Waals surface area contributed by atoms with Gasteiger partial charge in [-0.3, -0.25) is 14.4 Å². The van der Waals surface area contributed by atoms with Crippen molar-refractivity contribution in [3.05, 3.63) is 70.7 Å². The number of benzene rings is 1. The van der Waals surface area contributed by atoms with Crippen molar-refractivity contribution < 1.29 is 13.2 Å². The Morgan fingerprint density at radius 2 is 1.87 bits per heavy atom. The predicted octanol–water partition coefficient (Wildman–Crippen LogP) is 4.00. The third-order valence-corrected chi connectivity index (χ3v) is 8.71. The molecule has 2 atom stereocenters. The van der Waals surface area contributed by atoms with E-state index in [9.17, 15) is 13.2 Å². The van der Waals surface area contributed by atoms with Gasteiger partial charge < -0.3 is 10.2 Å². The number of fused-ring (bicyclic) bond motifs is 1. The van der Waals surface area contributed by atoms with Gasteiger partial charge in [0.15, 0.2) is 0 Å². The van der Waals surface area contributed by atoms with Gasteiger partial charge in [-0.1, -0.05) is 6.07 Å². The SMILES string of the molecule is CCS(=O)(=O)Nc1cc(C(=O)N2CC[C@@H](N3Cc4cnc(Nc5cc(C)cc(C)c5)nc4C3)C[C@H]2C)ccn1. The van der Waals surface area contributed by atoms with E-state index in [0.717, 1.165) is 42.9 Å². The van der Waals surface area contributed by atoms with Gasteiger partial charge in [-0.25, -0.2) is 23.4 Å². The Balaban J connectivity index is 1.21. The highest BCUT2D eigenvalue weighted by atomic mass is 32.2. The molecule has 10 nitrogen and oxygen atoms in total. The van der Waals surface area contributed by atoms with Gasteiger partial charge in [0.2, 0.25) is 16.0 Å².